The third-order valence-corrected chi connectivity index (χ3v) is 4.27. The Morgan fingerprint density at radius 2 is 2.05 bits per heavy atom. The molecule has 3 nitrogen and oxygen atoms in total. The standard InChI is InChI=1S/C15H23N3S/c1-9-8-10(2)17-15(13(9)14(16)19)18-11(3)12-6-4-5-7-12/h8,11-12H,4-7H2,1-3H3,(H2,16,19)(H,17,18). The average molecular weight is 277 g/mol. The summed E-state index contributed by atoms with van der Waals surface area (Å²) in [5.41, 5.74) is 8.84. The number of nitrogens with zero attached hydrogens (tertiary/aromatic N) is 1. The minimum atomic E-state index is 0.421. The maximum absolute atomic E-state index is 5.85. The second-order valence-electron chi connectivity index (χ2n) is 5.65. The molecule has 1 saturated carbocycles. The second-order valence-corrected chi connectivity index (χ2v) is 6.09. The van der Waals surface area contributed by atoms with Crippen molar-refractivity contribution in [3.8, 4) is 0 Å². The number of nitrogens with two attached hydrogens (primary N) is 1. The lowest BCUT2D eigenvalue weighted by molar-refractivity contribution is 0.481. The van der Waals surface area contributed by atoms with E-state index in [0.29, 0.717) is 11.0 Å². The van der Waals surface area contributed by atoms with Gasteiger partial charge in [0, 0.05) is 11.7 Å². The van der Waals surface area contributed by atoms with Crippen molar-refractivity contribution in [3.05, 3.63) is 22.9 Å². The number of thiocarbonyl (C=S) groups is 1. The van der Waals surface area contributed by atoms with Crippen molar-refractivity contribution in [1.82, 2.24) is 4.98 Å². The average Bonchev–Trinajstić information content (AvgIpc) is 2.80. The van der Waals surface area contributed by atoms with Crippen LogP contribution in [0.2, 0.25) is 0 Å². The number of aromatic nitrogens is 1. The lowest BCUT2D eigenvalue weighted by Crippen LogP contribution is -2.27. The molecule has 1 fully saturated rings. The zero-order valence-electron chi connectivity index (χ0n) is 12.0. The highest BCUT2D eigenvalue weighted by atomic mass is 32.1. The second kappa shape index (κ2) is 5.87. The van der Waals surface area contributed by atoms with Gasteiger partial charge in [-0.15, -0.1) is 0 Å². The van der Waals surface area contributed by atoms with Gasteiger partial charge >= 0.3 is 0 Å². The van der Waals surface area contributed by atoms with Crippen LogP contribution in [0.1, 0.15) is 49.4 Å². The van der Waals surface area contributed by atoms with Crippen LogP contribution in [0.3, 0.4) is 0 Å². The molecule has 1 unspecified atom stereocenters. The van der Waals surface area contributed by atoms with Crippen LogP contribution in [0, 0.1) is 19.8 Å². The Morgan fingerprint density at radius 1 is 1.42 bits per heavy atom. The Balaban J connectivity index is 2.25. The summed E-state index contributed by atoms with van der Waals surface area (Å²) in [4.78, 5) is 5.01. The number of hydrogen-bond donors (Lipinski definition) is 2. The van der Waals surface area contributed by atoms with Crippen molar-refractivity contribution in [3.63, 3.8) is 0 Å². The molecule has 1 aromatic rings. The van der Waals surface area contributed by atoms with Crippen LogP contribution >= 0.6 is 12.2 Å². The van der Waals surface area contributed by atoms with Gasteiger partial charge in [0.15, 0.2) is 0 Å². The van der Waals surface area contributed by atoms with E-state index in [1.165, 1.54) is 25.7 Å². The highest BCUT2D eigenvalue weighted by Crippen LogP contribution is 2.30. The number of rotatable bonds is 4. The molecule has 0 aliphatic heterocycles. The van der Waals surface area contributed by atoms with Gasteiger partial charge in [0.2, 0.25) is 0 Å². The van der Waals surface area contributed by atoms with Crippen LogP contribution in [0.15, 0.2) is 6.07 Å². The Bertz CT molecular complexity index is 479. The number of aryl methyl sites for hydroxylation is 2. The van der Waals surface area contributed by atoms with Gasteiger partial charge in [0.1, 0.15) is 10.8 Å². The van der Waals surface area contributed by atoms with E-state index in [1.807, 2.05) is 19.9 Å². The summed E-state index contributed by atoms with van der Waals surface area (Å²) >= 11 is 5.17. The molecular weight excluding hydrogens is 254 g/mol. The molecule has 0 bridgehead atoms. The fourth-order valence-electron chi connectivity index (χ4n) is 3.04. The normalized spacial score (nSPS) is 17.4. The Morgan fingerprint density at radius 3 is 2.63 bits per heavy atom. The van der Waals surface area contributed by atoms with Gasteiger partial charge in [0.25, 0.3) is 0 Å². The Hall–Kier alpha value is -1.16. The predicted octanol–water partition coefficient (Wildman–Crippen LogP) is 3.32. The molecule has 0 saturated heterocycles. The van der Waals surface area contributed by atoms with Crippen molar-refractivity contribution in [2.75, 3.05) is 5.32 Å². The number of nitrogens with one attached hydrogen (secondary N) is 1. The summed E-state index contributed by atoms with van der Waals surface area (Å²) in [7, 11) is 0. The molecule has 1 heterocycles. The first-order valence-corrected chi connectivity index (χ1v) is 7.44. The van der Waals surface area contributed by atoms with Gasteiger partial charge in [-0.3, -0.25) is 0 Å². The number of pyridine rings is 1. The smallest absolute Gasteiger partial charge is 0.136 e. The van der Waals surface area contributed by atoms with Crippen molar-refractivity contribution in [2.45, 2.75) is 52.5 Å². The molecule has 0 spiro atoms. The van der Waals surface area contributed by atoms with E-state index in [-0.39, 0.29) is 0 Å². The summed E-state index contributed by atoms with van der Waals surface area (Å²) < 4.78 is 0. The van der Waals surface area contributed by atoms with Gasteiger partial charge < -0.3 is 11.1 Å². The van der Waals surface area contributed by atoms with Crippen LogP contribution in [0.25, 0.3) is 0 Å². The van der Waals surface area contributed by atoms with Gasteiger partial charge in [-0.1, -0.05) is 25.1 Å². The first-order chi connectivity index (χ1) is 8.99. The molecule has 1 atom stereocenters. The minimum Gasteiger partial charge on any atom is -0.389 e. The van der Waals surface area contributed by atoms with Crippen LogP contribution in [0.5, 0.6) is 0 Å². The largest absolute Gasteiger partial charge is 0.389 e. The third kappa shape index (κ3) is 3.24. The van der Waals surface area contributed by atoms with Crippen molar-refractivity contribution in [2.24, 2.45) is 11.7 Å². The van der Waals surface area contributed by atoms with Crippen LogP contribution in [0.4, 0.5) is 5.82 Å². The zero-order chi connectivity index (χ0) is 14.0. The molecule has 19 heavy (non-hydrogen) atoms. The molecule has 3 N–H and O–H groups in total. The van der Waals surface area contributed by atoms with E-state index in [0.717, 1.165) is 28.6 Å². The number of anilines is 1. The summed E-state index contributed by atoms with van der Waals surface area (Å²) in [6.07, 6.45) is 5.31. The monoisotopic (exact) mass is 277 g/mol. The van der Waals surface area contributed by atoms with Gasteiger partial charge in [0.05, 0.1) is 5.56 Å². The highest BCUT2D eigenvalue weighted by molar-refractivity contribution is 7.80. The number of hydrogen-bond acceptors (Lipinski definition) is 3. The third-order valence-electron chi connectivity index (χ3n) is 4.06. The quantitative estimate of drug-likeness (QED) is 0.829. The fourth-order valence-corrected chi connectivity index (χ4v) is 3.30. The van der Waals surface area contributed by atoms with Gasteiger partial charge in [-0.05, 0) is 51.2 Å². The Kier molecular flexibility index (Phi) is 4.40. The van der Waals surface area contributed by atoms with E-state index in [4.69, 9.17) is 18.0 Å². The van der Waals surface area contributed by atoms with Crippen molar-refractivity contribution in [1.29, 1.82) is 0 Å². The van der Waals surface area contributed by atoms with Gasteiger partial charge in [-0.2, -0.15) is 0 Å². The predicted molar refractivity (Wildman–Crippen MR) is 84.6 cm³/mol. The molecule has 0 radical (unpaired) electrons. The van der Waals surface area contributed by atoms with Crippen LogP contribution in [-0.4, -0.2) is 16.0 Å². The molecule has 0 aromatic carbocycles. The fraction of sp³-hybridized carbons (Fsp3) is 0.600. The first kappa shape index (κ1) is 14.3. The molecule has 4 heteroatoms. The molecule has 1 aliphatic carbocycles. The summed E-state index contributed by atoms with van der Waals surface area (Å²) in [5, 5.41) is 3.54. The summed E-state index contributed by atoms with van der Waals surface area (Å²) in [6.45, 7) is 6.27. The maximum Gasteiger partial charge on any atom is 0.136 e. The summed E-state index contributed by atoms with van der Waals surface area (Å²) in [5.74, 6) is 1.59. The van der Waals surface area contributed by atoms with Crippen LogP contribution < -0.4 is 11.1 Å². The SMILES string of the molecule is Cc1cc(C)c(C(N)=S)c(NC(C)C2CCCC2)n1. The van der Waals surface area contributed by atoms with E-state index in [9.17, 15) is 0 Å². The van der Waals surface area contributed by atoms with Crippen molar-refractivity contribution >= 4 is 23.0 Å². The molecule has 104 valence electrons. The highest BCUT2D eigenvalue weighted by Gasteiger charge is 2.23. The molecule has 2 rings (SSSR count). The molecular formula is C15H23N3S. The lowest BCUT2D eigenvalue weighted by atomic mass is 9.99. The topological polar surface area (TPSA) is 50.9 Å². The van der Waals surface area contributed by atoms with Crippen LogP contribution in [-0.2, 0) is 0 Å². The maximum atomic E-state index is 5.85. The van der Waals surface area contributed by atoms with E-state index >= 15 is 0 Å². The minimum absolute atomic E-state index is 0.421. The molecule has 1 aromatic heterocycles. The first-order valence-electron chi connectivity index (χ1n) is 7.03. The molecule has 0 amide bonds. The zero-order valence-corrected chi connectivity index (χ0v) is 12.8. The Labute approximate surface area is 121 Å². The van der Waals surface area contributed by atoms with E-state index in [1.54, 1.807) is 0 Å². The van der Waals surface area contributed by atoms with Crippen molar-refractivity contribution < 1.29 is 0 Å². The van der Waals surface area contributed by atoms with Gasteiger partial charge in [-0.25, -0.2) is 4.98 Å². The summed E-state index contributed by atoms with van der Waals surface area (Å²) in [6, 6.07) is 2.45. The molecule has 1 aliphatic rings. The van der Waals surface area contributed by atoms with E-state index < -0.39 is 0 Å². The van der Waals surface area contributed by atoms with E-state index in [2.05, 4.69) is 17.2 Å². The lowest BCUT2D eigenvalue weighted by Gasteiger charge is -2.23.